The molecule has 0 aromatic heterocycles. The molecule has 0 aliphatic heterocycles. The lowest BCUT2D eigenvalue weighted by molar-refractivity contribution is -0.122. The highest BCUT2D eigenvalue weighted by Crippen LogP contribution is 2.12. The van der Waals surface area contributed by atoms with E-state index in [-0.39, 0.29) is 12.5 Å². The Morgan fingerprint density at radius 3 is 2.78 bits per heavy atom. The molecule has 0 spiro atoms. The third kappa shape index (κ3) is 6.45. The topological polar surface area (TPSA) is 62.1 Å². The number of nitrogens with one attached hydrogen (secondary N) is 1. The van der Waals surface area contributed by atoms with Gasteiger partial charge in [0.2, 0.25) is 0 Å². The zero-order valence-electron chi connectivity index (χ0n) is 12.7. The predicted molar refractivity (Wildman–Crippen MR) is 92.3 cm³/mol. The SMILES string of the molecule is N#Cc1cccc(OCC(=O)NCCSCc2ccccc2)c1. The third-order valence-corrected chi connectivity index (χ3v) is 4.04. The van der Waals surface area contributed by atoms with Gasteiger partial charge >= 0.3 is 0 Å². The van der Waals surface area contributed by atoms with Gasteiger partial charge in [0.1, 0.15) is 5.75 Å². The van der Waals surface area contributed by atoms with Crippen LogP contribution in [0.4, 0.5) is 0 Å². The van der Waals surface area contributed by atoms with Gasteiger partial charge in [-0.25, -0.2) is 0 Å². The van der Waals surface area contributed by atoms with E-state index >= 15 is 0 Å². The van der Waals surface area contributed by atoms with Crippen LogP contribution in [0.3, 0.4) is 0 Å². The molecular weight excluding hydrogens is 308 g/mol. The van der Waals surface area contributed by atoms with E-state index in [1.807, 2.05) is 24.3 Å². The molecule has 2 aromatic carbocycles. The molecule has 0 fully saturated rings. The molecule has 1 N–H and O–H groups in total. The minimum Gasteiger partial charge on any atom is -0.484 e. The van der Waals surface area contributed by atoms with E-state index in [1.54, 1.807) is 36.0 Å². The normalized spacial score (nSPS) is 9.87. The first-order valence-corrected chi connectivity index (χ1v) is 8.45. The van der Waals surface area contributed by atoms with Crippen molar-refractivity contribution in [2.45, 2.75) is 5.75 Å². The first-order valence-electron chi connectivity index (χ1n) is 7.29. The highest BCUT2D eigenvalue weighted by molar-refractivity contribution is 7.98. The zero-order valence-corrected chi connectivity index (χ0v) is 13.5. The molecule has 0 unspecified atom stereocenters. The number of hydrogen-bond donors (Lipinski definition) is 1. The largest absolute Gasteiger partial charge is 0.484 e. The van der Waals surface area contributed by atoms with Gasteiger partial charge in [0.25, 0.3) is 5.91 Å². The van der Waals surface area contributed by atoms with Crippen LogP contribution in [0.25, 0.3) is 0 Å². The van der Waals surface area contributed by atoms with E-state index in [0.29, 0.717) is 17.9 Å². The van der Waals surface area contributed by atoms with Crippen molar-refractivity contribution in [3.63, 3.8) is 0 Å². The Balaban J connectivity index is 1.59. The lowest BCUT2D eigenvalue weighted by Crippen LogP contribution is -2.30. The summed E-state index contributed by atoms with van der Waals surface area (Å²) in [6.45, 7) is 0.566. The van der Waals surface area contributed by atoms with Gasteiger partial charge in [0, 0.05) is 18.1 Å². The average Bonchev–Trinajstić information content (AvgIpc) is 2.61. The Bertz CT molecular complexity index is 668. The van der Waals surface area contributed by atoms with E-state index in [0.717, 1.165) is 11.5 Å². The Kier molecular flexibility index (Phi) is 7.02. The van der Waals surface area contributed by atoms with Crippen LogP contribution in [0.15, 0.2) is 54.6 Å². The summed E-state index contributed by atoms with van der Waals surface area (Å²) in [5.41, 5.74) is 1.80. The minimum atomic E-state index is -0.160. The van der Waals surface area contributed by atoms with Crippen LogP contribution in [0.2, 0.25) is 0 Å². The number of carbonyl (C=O) groups excluding carboxylic acids is 1. The number of thioether (sulfide) groups is 1. The van der Waals surface area contributed by atoms with Crippen LogP contribution >= 0.6 is 11.8 Å². The Morgan fingerprint density at radius 1 is 1.17 bits per heavy atom. The average molecular weight is 326 g/mol. The molecule has 2 rings (SSSR count). The fraction of sp³-hybridized carbons (Fsp3) is 0.222. The molecule has 0 aliphatic carbocycles. The number of ether oxygens (including phenoxy) is 1. The van der Waals surface area contributed by atoms with Gasteiger partial charge in [-0.05, 0) is 23.8 Å². The van der Waals surface area contributed by atoms with Crippen LogP contribution in [0, 0.1) is 11.3 Å². The quantitative estimate of drug-likeness (QED) is 0.758. The van der Waals surface area contributed by atoms with Crippen LogP contribution in [0.5, 0.6) is 5.75 Å². The summed E-state index contributed by atoms with van der Waals surface area (Å²) in [6.07, 6.45) is 0. The highest BCUT2D eigenvalue weighted by atomic mass is 32.2. The van der Waals surface area contributed by atoms with Crippen molar-refractivity contribution < 1.29 is 9.53 Å². The fourth-order valence-corrected chi connectivity index (χ4v) is 2.70. The van der Waals surface area contributed by atoms with E-state index < -0.39 is 0 Å². The van der Waals surface area contributed by atoms with Crippen molar-refractivity contribution in [1.82, 2.24) is 5.32 Å². The van der Waals surface area contributed by atoms with E-state index in [9.17, 15) is 4.79 Å². The molecule has 4 nitrogen and oxygen atoms in total. The predicted octanol–water partition coefficient (Wildman–Crippen LogP) is 2.99. The zero-order chi connectivity index (χ0) is 16.3. The van der Waals surface area contributed by atoms with Crippen molar-refractivity contribution in [2.75, 3.05) is 18.9 Å². The summed E-state index contributed by atoms with van der Waals surface area (Å²) in [6, 6.07) is 19.0. The Hall–Kier alpha value is -2.45. The van der Waals surface area contributed by atoms with Gasteiger partial charge in [-0.3, -0.25) is 4.79 Å². The maximum Gasteiger partial charge on any atom is 0.257 e. The molecule has 2 aromatic rings. The van der Waals surface area contributed by atoms with Gasteiger partial charge < -0.3 is 10.1 Å². The molecule has 1 amide bonds. The van der Waals surface area contributed by atoms with Crippen LogP contribution in [-0.2, 0) is 10.5 Å². The lowest BCUT2D eigenvalue weighted by Gasteiger charge is -2.07. The number of hydrogen-bond acceptors (Lipinski definition) is 4. The second-order valence-corrected chi connectivity index (χ2v) is 5.92. The Morgan fingerprint density at radius 2 is 2.00 bits per heavy atom. The smallest absolute Gasteiger partial charge is 0.257 e. The summed E-state index contributed by atoms with van der Waals surface area (Å²) >= 11 is 1.78. The van der Waals surface area contributed by atoms with Gasteiger partial charge in [-0.2, -0.15) is 17.0 Å². The molecule has 0 saturated carbocycles. The van der Waals surface area contributed by atoms with Crippen molar-refractivity contribution in [3.8, 4) is 11.8 Å². The summed E-state index contributed by atoms with van der Waals surface area (Å²) in [4.78, 5) is 11.7. The van der Waals surface area contributed by atoms with E-state index in [2.05, 4.69) is 17.4 Å². The summed E-state index contributed by atoms with van der Waals surface area (Å²) in [7, 11) is 0. The Labute approximate surface area is 140 Å². The first-order chi connectivity index (χ1) is 11.3. The first kappa shape index (κ1) is 16.9. The van der Waals surface area contributed by atoms with Gasteiger partial charge in [0.05, 0.1) is 11.6 Å². The summed E-state index contributed by atoms with van der Waals surface area (Å²) in [5, 5.41) is 11.6. The number of rotatable bonds is 8. The van der Waals surface area contributed by atoms with Crippen molar-refractivity contribution >= 4 is 17.7 Å². The molecule has 5 heteroatoms. The molecule has 0 saturated heterocycles. The molecule has 0 aliphatic rings. The molecule has 0 bridgehead atoms. The number of amides is 1. The lowest BCUT2D eigenvalue weighted by atomic mass is 10.2. The van der Waals surface area contributed by atoms with E-state index in [4.69, 9.17) is 10.00 Å². The van der Waals surface area contributed by atoms with Crippen LogP contribution in [0.1, 0.15) is 11.1 Å². The maximum absolute atomic E-state index is 11.7. The van der Waals surface area contributed by atoms with Crippen molar-refractivity contribution in [2.24, 2.45) is 0 Å². The number of carbonyl (C=O) groups is 1. The standard InChI is InChI=1S/C18H18N2O2S/c19-12-16-7-4-8-17(11-16)22-13-18(21)20-9-10-23-14-15-5-2-1-3-6-15/h1-8,11H,9-10,13-14H2,(H,20,21). The monoisotopic (exact) mass is 326 g/mol. The van der Waals surface area contributed by atoms with Crippen molar-refractivity contribution in [3.05, 3.63) is 65.7 Å². The molecule has 118 valence electrons. The molecular formula is C18H18N2O2S. The molecule has 0 atom stereocenters. The molecule has 0 heterocycles. The summed E-state index contributed by atoms with van der Waals surface area (Å²) < 4.78 is 5.37. The second kappa shape index (κ2) is 9.54. The number of benzene rings is 2. The van der Waals surface area contributed by atoms with Gasteiger partial charge in [0.15, 0.2) is 6.61 Å². The number of nitrogens with zero attached hydrogens (tertiary/aromatic N) is 1. The van der Waals surface area contributed by atoms with E-state index in [1.165, 1.54) is 5.56 Å². The van der Waals surface area contributed by atoms with Gasteiger partial charge in [-0.15, -0.1) is 0 Å². The van der Waals surface area contributed by atoms with Gasteiger partial charge in [-0.1, -0.05) is 36.4 Å². The maximum atomic E-state index is 11.7. The van der Waals surface area contributed by atoms with Crippen LogP contribution < -0.4 is 10.1 Å². The van der Waals surface area contributed by atoms with Crippen LogP contribution in [-0.4, -0.2) is 24.8 Å². The molecule has 23 heavy (non-hydrogen) atoms. The summed E-state index contributed by atoms with van der Waals surface area (Å²) in [5.74, 6) is 2.16. The minimum absolute atomic E-state index is 0.0434. The van der Waals surface area contributed by atoms with Crippen molar-refractivity contribution in [1.29, 1.82) is 5.26 Å². The molecule has 0 radical (unpaired) electrons. The third-order valence-electron chi connectivity index (χ3n) is 3.01. The fourth-order valence-electron chi connectivity index (χ4n) is 1.88. The second-order valence-electron chi connectivity index (χ2n) is 4.82. The highest BCUT2D eigenvalue weighted by Gasteiger charge is 2.03. The number of nitriles is 1.